The van der Waals surface area contributed by atoms with E-state index in [1.165, 1.54) is 41.3 Å². The predicted molar refractivity (Wildman–Crippen MR) is 133 cm³/mol. The Balaban J connectivity index is 1.53. The highest BCUT2D eigenvalue weighted by Crippen LogP contribution is 2.37. The third-order valence-electron chi connectivity index (χ3n) is 4.86. The van der Waals surface area contributed by atoms with Gasteiger partial charge in [0.05, 0.1) is 20.4 Å². The number of thioether (sulfide) groups is 1. The van der Waals surface area contributed by atoms with Gasteiger partial charge in [0.25, 0.3) is 17.3 Å². The van der Waals surface area contributed by atoms with Crippen molar-refractivity contribution in [2.45, 2.75) is 6.61 Å². The van der Waals surface area contributed by atoms with Gasteiger partial charge >= 0.3 is 0 Å². The van der Waals surface area contributed by atoms with Gasteiger partial charge in [-0.1, -0.05) is 42.2 Å². The molecule has 0 spiro atoms. The highest BCUT2D eigenvalue weighted by atomic mass is 32.2. The van der Waals surface area contributed by atoms with Crippen LogP contribution >= 0.6 is 24.0 Å². The van der Waals surface area contributed by atoms with Gasteiger partial charge in [0.1, 0.15) is 12.4 Å². The zero-order chi connectivity index (χ0) is 24.2. The molecular formula is C23H15N3O6S2. The fourth-order valence-corrected chi connectivity index (χ4v) is 4.45. The standard InChI is InChI=1S/C23H15N3O6S2/c27-22-21(34-23(33)24(22)17-9-11-19(12-10-17)26(30)31)13-16-3-1-2-4-20(16)32-14-15-5-7-18(8-6-15)25(28)29/h1-13H,14H2/b21-13-. The van der Waals surface area contributed by atoms with E-state index < -0.39 is 9.85 Å². The molecule has 1 aliphatic rings. The summed E-state index contributed by atoms with van der Waals surface area (Å²) in [4.78, 5) is 35.5. The SMILES string of the molecule is O=C1/C(=C/c2ccccc2OCc2ccc([N+](=O)[O-])cc2)SC(=S)N1c1ccc([N+](=O)[O-])cc1. The molecule has 0 aromatic heterocycles. The van der Waals surface area contributed by atoms with Gasteiger partial charge in [-0.3, -0.25) is 29.9 Å². The lowest BCUT2D eigenvalue weighted by Gasteiger charge is -2.14. The molecule has 1 amide bonds. The monoisotopic (exact) mass is 493 g/mol. The van der Waals surface area contributed by atoms with Crippen LogP contribution in [0.2, 0.25) is 0 Å². The van der Waals surface area contributed by atoms with Crippen LogP contribution in [0.4, 0.5) is 17.1 Å². The summed E-state index contributed by atoms with van der Waals surface area (Å²) in [6.07, 6.45) is 1.68. The summed E-state index contributed by atoms with van der Waals surface area (Å²) in [5.74, 6) is 0.190. The van der Waals surface area contributed by atoms with Crippen LogP contribution in [0.1, 0.15) is 11.1 Å². The average molecular weight is 494 g/mol. The van der Waals surface area contributed by atoms with Gasteiger partial charge in [-0.2, -0.15) is 0 Å². The second-order valence-corrected chi connectivity index (χ2v) is 8.72. The summed E-state index contributed by atoms with van der Waals surface area (Å²) >= 11 is 6.49. The minimum atomic E-state index is -0.512. The molecule has 4 rings (SSSR count). The quantitative estimate of drug-likeness (QED) is 0.184. The number of hydrogen-bond donors (Lipinski definition) is 0. The van der Waals surface area contributed by atoms with E-state index in [-0.39, 0.29) is 23.9 Å². The van der Waals surface area contributed by atoms with E-state index in [2.05, 4.69) is 0 Å². The molecule has 1 fully saturated rings. The Morgan fingerprint density at radius 3 is 2.12 bits per heavy atom. The number of non-ortho nitro benzene ring substituents is 2. The number of para-hydroxylation sites is 1. The zero-order valence-electron chi connectivity index (χ0n) is 17.3. The van der Waals surface area contributed by atoms with Crippen LogP contribution in [0.5, 0.6) is 5.75 Å². The molecule has 170 valence electrons. The molecule has 0 saturated carbocycles. The number of thiocarbonyl (C=S) groups is 1. The summed E-state index contributed by atoms with van der Waals surface area (Å²) in [7, 11) is 0. The molecule has 0 N–H and O–H groups in total. The summed E-state index contributed by atoms with van der Waals surface area (Å²) in [6.45, 7) is 0.187. The lowest BCUT2D eigenvalue weighted by atomic mass is 10.1. The van der Waals surface area contributed by atoms with Crippen molar-refractivity contribution in [3.8, 4) is 5.75 Å². The molecule has 3 aromatic carbocycles. The van der Waals surface area contributed by atoms with E-state index >= 15 is 0 Å². The highest BCUT2D eigenvalue weighted by molar-refractivity contribution is 8.27. The van der Waals surface area contributed by atoms with Crippen molar-refractivity contribution in [1.82, 2.24) is 0 Å². The van der Waals surface area contributed by atoms with Crippen molar-refractivity contribution in [1.29, 1.82) is 0 Å². The molecule has 1 heterocycles. The molecule has 0 radical (unpaired) electrons. The average Bonchev–Trinajstić information content (AvgIpc) is 3.11. The van der Waals surface area contributed by atoms with Crippen LogP contribution in [0.25, 0.3) is 6.08 Å². The van der Waals surface area contributed by atoms with Crippen LogP contribution in [-0.2, 0) is 11.4 Å². The smallest absolute Gasteiger partial charge is 0.270 e. The van der Waals surface area contributed by atoms with Crippen LogP contribution in [0.3, 0.4) is 0 Å². The minimum absolute atomic E-state index is 0.000742. The van der Waals surface area contributed by atoms with Crippen molar-refractivity contribution in [2.75, 3.05) is 4.90 Å². The molecule has 34 heavy (non-hydrogen) atoms. The fraction of sp³-hybridized carbons (Fsp3) is 0.0435. The predicted octanol–water partition coefficient (Wildman–Crippen LogP) is 5.49. The van der Waals surface area contributed by atoms with Crippen LogP contribution < -0.4 is 9.64 Å². The van der Waals surface area contributed by atoms with Gasteiger partial charge in [0, 0.05) is 29.8 Å². The molecular weight excluding hydrogens is 478 g/mol. The van der Waals surface area contributed by atoms with E-state index in [0.29, 0.717) is 26.2 Å². The largest absolute Gasteiger partial charge is 0.488 e. The second-order valence-electron chi connectivity index (χ2n) is 7.04. The number of carbonyl (C=O) groups is 1. The molecule has 0 atom stereocenters. The van der Waals surface area contributed by atoms with Crippen LogP contribution in [-0.4, -0.2) is 20.1 Å². The first-order chi connectivity index (χ1) is 16.3. The maximum absolute atomic E-state index is 13.0. The Morgan fingerprint density at radius 1 is 0.912 bits per heavy atom. The molecule has 11 heteroatoms. The number of rotatable bonds is 7. The number of nitro benzene ring substituents is 2. The Kier molecular flexibility index (Phi) is 6.66. The third-order valence-corrected chi connectivity index (χ3v) is 6.16. The van der Waals surface area contributed by atoms with Gasteiger partial charge < -0.3 is 4.74 Å². The molecule has 0 unspecified atom stereocenters. The topological polar surface area (TPSA) is 116 Å². The van der Waals surface area contributed by atoms with Crippen molar-refractivity contribution in [2.24, 2.45) is 0 Å². The normalized spacial score (nSPS) is 14.5. The number of hydrogen-bond acceptors (Lipinski definition) is 8. The van der Waals surface area contributed by atoms with Gasteiger partial charge in [0.2, 0.25) is 0 Å². The summed E-state index contributed by atoms with van der Waals surface area (Å²) in [5, 5.41) is 21.7. The number of nitrogens with zero attached hydrogens (tertiary/aromatic N) is 3. The first-order valence-electron chi connectivity index (χ1n) is 9.81. The molecule has 3 aromatic rings. The summed E-state index contributed by atoms with van der Waals surface area (Å²) < 4.78 is 6.21. The maximum Gasteiger partial charge on any atom is 0.270 e. The number of amides is 1. The molecule has 0 bridgehead atoms. The van der Waals surface area contributed by atoms with Crippen molar-refractivity contribution in [3.63, 3.8) is 0 Å². The fourth-order valence-electron chi connectivity index (χ4n) is 3.16. The second kappa shape index (κ2) is 9.81. The number of carbonyl (C=O) groups excluding carboxylic acids is 1. The minimum Gasteiger partial charge on any atom is -0.488 e. The van der Waals surface area contributed by atoms with E-state index in [4.69, 9.17) is 17.0 Å². The lowest BCUT2D eigenvalue weighted by Crippen LogP contribution is -2.27. The zero-order valence-corrected chi connectivity index (χ0v) is 19.0. The van der Waals surface area contributed by atoms with Gasteiger partial charge in [-0.05, 0) is 42.0 Å². The van der Waals surface area contributed by atoms with Crippen molar-refractivity contribution in [3.05, 3.63) is 109 Å². The van der Waals surface area contributed by atoms with Gasteiger partial charge in [0.15, 0.2) is 4.32 Å². The van der Waals surface area contributed by atoms with E-state index in [1.807, 2.05) is 6.07 Å². The molecule has 1 aliphatic heterocycles. The van der Waals surface area contributed by atoms with Gasteiger partial charge in [-0.25, -0.2) is 0 Å². The van der Waals surface area contributed by atoms with Gasteiger partial charge in [-0.15, -0.1) is 0 Å². The molecule has 0 aliphatic carbocycles. The lowest BCUT2D eigenvalue weighted by molar-refractivity contribution is -0.385. The Bertz CT molecular complexity index is 1320. The van der Waals surface area contributed by atoms with E-state index in [1.54, 1.807) is 36.4 Å². The first-order valence-corrected chi connectivity index (χ1v) is 11.0. The van der Waals surface area contributed by atoms with Crippen molar-refractivity contribution < 1.29 is 19.4 Å². The van der Waals surface area contributed by atoms with Crippen molar-refractivity contribution >= 4 is 57.3 Å². The third kappa shape index (κ3) is 4.95. The molecule has 9 nitrogen and oxygen atoms in total. The van der Waals surface area contributed by atoms with E-state index in [0.717, 1.165) is 17.3 Å². The number of benzene rings is 3. The summed E-state index contributed by atoms with van der Waals surface area (Å²) in [6, 6.07) is 18.8. The number of anilines is 1. The Hall–Kier alpha value is -4.09. The van der Waals surface area contributed by atoms with Crippen LogP contribution in [0.15, 0.2) is 77.7 Å². The Labute approximate surface area is 202 Å². The highest BCUT2D eigenvalue weighted by Gasteiger charge is 2.33. The Morgan fingerprint density at radius 2 is 1.50 bits per heavy atom. The van der Waals surface area contributed by atoms with Crippen LogP contribution in [0, 0.1) is 20.2 Å². The summed E-state index contributed by atoms with van der Waals surface area (Å²) in [5.41, 5.74) is 1.78. The molecule has 1 saturated heterocycles. The van der Waals surface area contributed by atoms with E-state index in [9.17, 15) is 25.0 Å². The first kappa shape index (κ1) is 23.1. The maximum atomic E-state index is 13.0. The number of ether oxygens (including phenoxy) is 1. The number of nitro groups is 2.